The van der Waals surface area contributed by atoms with Crippen LogP contribution in [-0.2, 0) is 19.1 Å². The van der Waals surface area contributed by atoms with Gasteiger partial charge in [0.1, 0.15) is 0 Å². The maximum absolute atomic E-state index is 11.2. The zero-order valence-corrected chi connectivity index (χ0v) is 10.3. The molecule has 0 aromatic carbocycles. The lowest BCUT2D eigenvalue weighted by Gasteiger charge is -2.47. The highest BCUT2D eigenvalue weighted by Crippen LogP contribution is 2.37. The summed E-state index contributed by atoms with van der Waals surface area (Å²) in [6, 6.07) is 0.399. The first-order valence-electron chi connectivity index (χ1n) is 6.17. The van der Waals surface area contributed by atoms with Gasteiger partial charge in [-0.05, 0) is 19.3 Å². The van der Waals surface area contributed by atoms with Gasteiger partial charge in [0.05, 0.1) is 6.04 Å². The Morgan fingerprint density at radius 3 is 2.35 bits per heavy atom. The second kappa shape index (κ2) is 4.64. The fourth-order valence-corrected chi connectivity index (χ4v) is 2.90. The van der Waals surface area contributed by atoms with E-state index in [4.69, 9.17) is 9.47 Å². The topological polar surface area (TPSA) is 64.6 Å². The molecule has 0 saturated carbocycles. The molecule has 2 unspecified atom stereocenters. The van der Waals surface area contributed by atoms with Crippen LogP contribution in [0.15, 0.2) is 0 Å². The number of carbonyl (C=O) groups is 2. The van der Waals surface area contributed by atoms with Crippen molar-refractivity contribution in [2.75, 3.05) is 0 Å². The zero-order chi connectivity index (χ0) is 12.5. The number of piperidine rings is 2. The van der Waals surface area contributed by atoms with E-state index in [-0.39, 0.29) is 6.04 Å². The fraction of sp³-hybridized carbons (Fsp3) is 0.833. The van der Waals surface area contributed by atoms with Crippen molar-refractivity contribution in [1.29, 1.82) is 0 Å². The summed E-state index contributed by atoms with van der Waals surface area (Å²) in [6.07, 6.45) is 4.56. The molecule has 2 rings (SSSR count). The first kappa shape index (κ1) is 12.4. The summed E-state index contributed by atoms with van der Waals surface area (Å²) < 4.78 is 10.7. The third-order valence-corrected chi connectivity index (χ3v) is 3.49. The third-order valence-electron chi connectivity index (χ3n) is 3.49. The number of rotatable bonds is 2. The minimum Gasteiger partial charge on any atom is -0.421 e. The van der Waals surface area contributed by atoms with Gasteiger partial charge in [-0.3, -0.25) is 9.59 Å². The maximum atomic E-state index is 11.2. The van der Waals surface area contributed by atoms with Gasteiger partial charge in [0, 0.05) is 26.3 Å². The van der Waals surface area contributed by atoms with Crippen LogP contribution in [-0.4, -0.2) is 29.8 Å². The Hall–Kier alpha value is -1.10. The maximum Gasteiger partial charge on any atom is 0.305 e. The van der Waals surface area contributed by atoms with Crippen LogP contribution in [0.1, 0.15) is 46.0 Å². The number of ether oxygens (including phenoxy) is 2. The van der Waals surface area contributed by atoms with E-state index in [0.29, 0.717) is 12.5 Å². The molecule has 0 amide bonds. The second-order valence-corrected chi connectivity index (χ2v) is 4.88. The average molecular weight is 241 g/mol. The predicted octanol–water partition coefficient (Wildman–Crippen LogP) is 1.11. The molecule has 0 aromatic rings. The van der Waals surface area contributed by atoms with Gasteiger partial charge in [-0.1, -0.05) is 6.42 Å². The first-order chi connectivity index (χ1) is 8.02. The molecular weight excluding hydrogens is 222 g/mol. The second-order valence-electron chi connectivity index (χ2n) is 4.88. The number of hydrogen-bond acceptors (Lipinski definition) is 5. The van der Waals surface area contributed by atoms with Crippen LogP contribution in [0.5, 0.6) is 0 Å². The van der Waals surface area contributed by atoms with Crippen molar-refractivity contribution >= 4 is 11.9 Å². The molecule has 2 aliphatic rings. The Labute approximate surface area is 101 Å². The van der Waals surface area contributed by atoms with Crippen LogP contribution >= 0.6 is 0 Å². The molecule has 5 heteroatoms. The average Bonchev–Trinajstić information content (AvgIpc) is 2.23. The molecule has 0 aliphatic carbocycles. The zero-order valence-electron chi connectivity index (χ0n) is 10.3. The standard InChI is InChI=1S/C12H19NO4/c1-8(14)16-12(17-9(2)15)7-6-10-4-3-5-11(12)13-10/h10-11,13H,3-7H2,1-2H3. The molecule has 2 aliphatic heterocycles. The van der Waals surface area contributed by atoms with Crippen LogP contribution in [0.2, 0.25) is 0 Å². The third kappa shape index (κ3) is 2.60. The highest BCUT2D eigenvalue weighted by Gasteiger charge is 2.50. The van der Waals surface area contributed by atoms with Crippen molar-refractivity contribution in [2.24, 2.45) is 0 Å². The SMILES string of the molecule is CC(=O)OC1(OC(C)=O)CCC2CCCC1N2. The molecule has 2 saturated heterocycles. The van der Waals surface area contributed by atoms with Crippen molar-refractivity contribution in [3.8, 4) is 0 Å². The van der Waals surface area contributed by atoms with E-state index in [1.54, 1.807) is 0 Å². The summed E-state index contributed by atoms with van der Waals surface area (Å²) in [5, 5.41) is 3.40. The molecule has 96 valence electrons. The molecule has 2 atom stereocenters. The van der Waals surface area contributed by atoms with Gasteiger partial charge in [-0.2, -0.15) is 0 Å². The number of nitrogens with one attached hydrogen (secondary N) is 1. The van der Waals surface area contributed by atoms with Gasteiger partial charge in [-0.15, -0.1) is 0 Å². The Bertz CT molecular complexity index is 312. The molecule has 0 radical (unpaired) electrons. The molecule has 0 aromatic heterocycles. The highest BCUT2D eigenvalue weighted by molar-refractivity contribution is 5.69. The van der Waals surface area contributed by atoms with Crippen molar-refractivity contribution in [2.45, 2.75) is 63.8 Å². The van der Waals surface area contributed by atoms with Crippen molar-refractivity contribution < 1.29 is 19.1 Å². The molecule has 2 fully saturated rings. The highest BCUT2D eigenvalue weighted by atomic mass is 16.7. The van der Waals surface area contributed by atoms with Crippen LogP contribution in [0.4, 0.5) is 0 Å². The molecule has 17 heavy (non-hydrogen) atoms. The summed E-state index contributed by atoms with van der Waals surface area (Å²) >= 11 is 0. The summed E-state index contributed by atoms with van der Waals surface area (Å²) in [6.45, 7) is 2.69. The lowest BCUT2D eigenvalue weighted by atomic mass is 9.82. The molecule has 1 N–H and O–H groups in total. The minimum absolute atomic E-state index is 0.0669. The number of esters is 2. The predicted molar refractivity (Wildman–Crippen MR) is 60.1 cm³/mol. The smallest absolute Gasteiger partial charge is 0.305 e. The fourth-order valence-electron chi connectivity index (χ4n) is 2.90. The van der Waals surface area contributed by atoms with E-state index in [9.17, 15) is 9.59 Å². The van der Waals surface area contributed by atoms with Crippen LogP contribution < -0.4 is 5.32 Å². The van der Waals surface area contributed by atoms with Crippen molar-refractivity contribution in [3.63, 3.8) is 0 Å². The van der Waals surface area contributed by atoms with E-state index >= 15 is 0 Å². The molecular formula is C12H19NO4. The van der Waals surface area contributed by atoms with Crippen LogP contribution in [0.3, 0.4) is 0 Å². The van der Waals surface area contributed by atoms with Gasteiger partial charge in [0.25, 0.3) is 5.79 Å². The molecule has 2 bridgehead atoms. The van der Waals surface area contributed by atoms with Gasteiger partial charge < -0.3 is 14.8 Å². The Morgan fingerprint density at radius 1 is 1.12 bits per heavy atom. The van der Waals surface area contributed by atoms with Crippen molar-refractivity contribution in [1.82, 2.24) is 5.32 Å². The number of carbonyl (C=O) groups excluding carboxylic acids is 2. The lowest BCUT2D eigenvalue weighted by Crippen LogP contribution is -2.63. The van der Waals surface area contributed by atoms with Gasteiger partial charge in [-0.25, -0.2) is 0 Å². The van der Waals surface area contributed by atoms with E-state index in [0.717, 1.165) is 25.7 Å². The monoisotopic (exact) mass is 241 g/mol. The van der Waals surface area contributed by atoms with E-state index in [1.165, 1.54) is 13.8 Å². The van der Waals surface area contributed by atoms with Crippen LogP contribution in [0.25, 0.3) is 0 Å². The van der Waals surface area contributed by atoms with Gasteiger partial charge in [0.2, 0.25) is 0 Å². The Kier molecular flexibility index (Phi) is 3.38. The molecule has 2 heterocycles. The summed E-state index contributed by atoms with van der Waals surface area (Å²) in [7, 11) is 0. The molecule has 0 spiro atoms. The van der Waals surface area contributed by atoms with E-state index in [2.05, 4.69) is 5.32 Å². The largest absolute Gasteiger partial charge is 0.421 e. The van der Waals surface area contributed by atoms with E-state index in [1.807, 2.05) is 0 Å². The first-order valence-corrected chi connectivity index (χ1v) is 6.17. The molecule has 5 nitrogen and oxygen atoms in total. The quantitative estimate of drug-likeness (QED) is 0.579. The Balaban J connectivity index is 2.18. The summed E-state index contributed by atoms with van der Waals surface area (Å²) in [5.41, 5.74) is 0. The normalized spacial score (nSPS) is 30.5. The lowest BCUT2D eigenvalue weighted by molar-refractivity contribution is -0.250. The van der Waals surface area contributed by atoms with Crippen LogP contribution in [0, 0.1) is 0 Å². The van der Waals surface area contributed by atoms with Gasteiger partial charge >= 0.3 is 11.9 Å². The summed E-state index contributed by atoms with van der Waals surface area (Å²) in [5.74, 6) is -1.90. The van der Waals surface area contributed by atoms with E-state index < -0.39 is 17.7 Å². The Morgan fingerprint density at radius 2 is 1.76 bits per heavy atom. The minimum atomic E-state index is -1.09. The van der Waals surface area contributed by atoms with Crippen molar-refractivity contribution in [3.05, 3.63) is 0 Å². The number of hydrogen-bond donors (Lipinski definition) is 1. The summed E-state index contributed by atoms with van der Waals surface area (Å²) in [4.78, 5) is 22.4. The van der Waals surface area contributed by atoms with Gasteiger partial charge in [0.15, 0.2) is 0 Å². The number of fused-ring (bicyclic) bond motifs is 2.